The van der Waals surface area contributed by atoms with E-state index in [9.17, 15) is 4.79 Å². The van der Waals surface area contributed by atoms with Crippen LogP contribution in [0.1, 0.15) is 38.2 Å². The first-order valence-electron chi connectivity index (χ1n) is 9.81. The van der Waals surface area contributed by atoms with E-state index in [0.29, 0.717) is 18.5 Å². The van der Waals surface area contributed by atoms with E-state index in [1.54, 1.807) is 4.90 Å². The lowest BCUT2D eigenvalue weighted by Gasteiger charge is -2.32. The van der Waals surface area contributed by atoms with Crippen molar-refractivity contribution >= 4 is 17.5 Å². The molecule has 1 aliphatic heterocycles. The van der Waals surface area contributed by atoms with Crippen LogP contribution in [-0.2, 0) is 11.3 Å². The van der Waals surface area contributed by atoms with Crippen LogP contribution in [0.25, 0.3) is 0 Å². The summed E-state index contributed by atoms with van der Waals surface area (Å²) in [5.74, 6) is 0.874. The quantitative estimate of drug-likeness (QED) is 0.690. The largest absolute Gasteiger partial charge is 0.348 e. The Kier molecular flexibility index (Phi) is 6.74. The number of carbonyl (C=O) groups excluding carboxylic acids is 1. The van der Waals surface area contributed by atoms with E-state index in [1.165, 1.54) is 29.7 Å². The number of hydrogen-bond acceptors (Lipinski definition) is 1. The van der Waals surface area contributed by atoms with Gasteiger partial charge in [-0.15, -0.1) is 0 Å². The molecule has 0 spiro atoms. The lowest BCUT2D eigenvalue weighted by atomic mass is 9.86. The highest BCUT2D eigenvalue weighted by Crippen LogP contribution is 2.23. The van der Waals surface area contributed by atoms with Gasteiger partial charge in [-0.3, -0.25) is 4.79 Å². The van der Waals surface area contributed by atoms with Crippen molar-refractivity contribution in [2.75, 3.05) is 32.7 Å². The van der Waals surface area contributed by atoms with Gasteiger partial charge in [0.1, 0.15) is 32.7 Å². The Morgan fingerprint density at radius 3 is 2.60 bits per heavy atom. The van der Waals surface area contributed by atoms with Gasteiger partial charge in [0.15, 0.2) is 6.54 Å². The van der Waals surface area contributed by atoms with Crippen LogP contribution in [-0.4, -0.2) is 44.7 Å². The fourth-order valence-electron chi connectivity index (χ4n) is 4.26. The molecule has 1 saturated heterocycles. The van der Waals surface area contributed by atoms with Crippen LogP contribution < -0.4 is 15.1 Å². The molecule has 3 rings (SSSR count). The highest BCUT2D eigenvalue weighted by molar-refractivity contribution is 6.30. The van der Waals surface area contributed by atoms with Crippen LogP contribution in [0.15, 0.2) is 24.3 Å². The van der Waals surface area contributed by atoms with Crippen molar-refractivity contribution in [1.29, 1.82) is 0 Å². The summed E-state index contributed by atoms with van der Waals surface area (Å²) in [6, 6.07) is 8.56. The zero-order chi connectivity index (χ0) is 17.6. The topological polar surface area (TPSA) is 38.0 Å². The molecule has 1 heterocycles. The second-order valence-corrected chi connectivity index (χ2v) is 8.36. The van der Waals surface area contributed by atoms with E-state index in [4.69, 9.17) is 11.6 Å². The summed E-state index contributed by atoms with van der Waals surface area (Å²) in [6.45, 7) is 8.32. The van der Waals surface area contributed by atoms with E-state index in [2.05, 4.69) is 24.4 Å². The first-order chi connectivity index (χ1) is 12.1. The predicted molar refractivity (Wildman–Crippen MR) is 101 cm³/mol. The summed E-state index contributed by atoms with van der Waals surface area (Å²) in [5.41, 5.74) is 1.30. The van der Waals surface area contributed by atoms with Crippen LogP contribution in [0.4, 0.5) is 0 Å². The highest BCUT2D eigenvalue weighted by atomic mass is 35.5. The number of hydrogen-bond donors (Lipinski definition) is 3. The molecule has 5 heteroatoms. The third-order valence-electron chi connectivity index (χ3n) is 5.88. The van der Waals surface area contributed by atoms with E-state index >= 15 is 0 Å². The molecule has 1 aromatic rings. The van der Waals surface area contributed by atoms with Crippen LogP contribution >= 0.6 is 11.6 Å². The summed E-state index contributed by atoms with van der Waals surface area (Å²) in [5, 5.41) is 4.11. The predicted octanol–water partition coefficient (Wildman–Crippen LogP) is 0.318. The Hall–Kier alpha value is -1.10. The standard InChI is InChI=1S/C20H30ClN3O/c1-16-5-2-3-8-19(16)22-20(25)15-24-11-9-23(10-12-24)14-17-6-4-7-18(21)13-17/h4,6-7,13,16,19H,2-3,5,8-12,14-15H2,1H3,(H,22,25)/p+2/t16-,19+/m0/s1. The normalized spacial score (nSPS) is 30.0. The lowest BCUT2D eigenvalue weighted by molar-refractivity contribution is -1.02. The van der Waals surface area contributed by atoms with Crippen molar-refractivity contribution in [3.63, 3.8) is 0 Å². The Bertz CT molecular complexity index is 572. The average Bonchev–Trinajstić information content (AvgIpc) is 2.59. The van der Waals surface area contributed by atoms with Gasteiger partial charge in [-0.1, -0.05) is 43.5 Å². The van der Waals surface area contributed by atoms with Gasteiger partial charge in [-0.25, -0.2) is 0 Å². The zero-order valence-corrected chi connectivity index (χ0v) is 16.1. The van der Waals surface area contributed by atoms with E-state index < -0.39 is 0 Å². The monoisotopic (exact) mass is 365 g/mol. The maximum absolute atomic E-state index is 12.4. The minimum atomic E-state index is 0.243. The highest BCUT2D eigenvalue weighted by Gasteiger charge is 2.27. The molecule has 2 fully saturated rings. The van der Waals surface area contributed by atoms with Crippen LogP contribution in [0.5, 0.6) is 0 Å². The number of quaternary nitrogens is 2. The molecule has 2 atom stereocenters. The third kappa shape index (κ3) is 5.70. The van der Waals surface area contributed by atoms with Crippen LogP contribution in [0, 0.1) is 5.92 Å². The number of rotatable bonds is 5. The van der Waals surface area contributed by atoms with E-state index in [0.717, 1.165) is 44.2 Å². The molecule has 0 aromatic heterocycles. The number of carbonyl (C=O) groups is 1. The van der Waals surface area contributed by atoms with Gasteiger partial charge in [0, 0.05) is 16.6 Å². The van der Waals surface area contributed by atoms with Crippen LogP contribution in [0.3, 0.4) is 0 Å². The Labute approximate surface area is 156 Å². The number of halogens is 1. The van der Waals surface area contributed by atoms with E-state index in [1.807, 2.05) is 12.1 Å². The van der Waals surface area contributed by atoms with Gasteiger partial charge >= 0.3 is 0 Å². The molecular weight excluding hydrogens is 334 g/mol. The minimum Gasteiger partial charge on any atom is -0.348 e. The van der Waals surface area contributed by atoms with Crippen molar-refractivity contribution in [3.05, 3.63) is 34.9 Å². The van der Waals surface area contributed by atoms with Crippen molar-refractivity contribution in [2.45, 2.75) is 45.2 Å². The first-order valence-corrected chi connectivity index (χ1v) is 10.2. The Morgan fingerprint density at radius 2 is 1.88 bits per heavy atom. The van der Waals surface area contributed by atoms with Gasteiger partial charge in [-0.05, 0) is 30.9 Å². The van der Waals surface area contributed by atoms with Crippen molar-refractivity contribution in [3.8, 4) is 0 Å². The fourth-order valence-corrected chi connectivity index (χ4v) is 4.47. The molecule has 4 nitrogen and oxygen atoms in total. The van der Waals surface area contributed by atoms with Gasteiger partial charge in [0.05, 0.1) is 0 Å². The average molecular weight is 366 g/mol. The Morgan fingerprint density at radius 1 is 1.16 bits per heavy atom. The molecule has 1 aromatic carbocycles. The fraction of sp³-hybridized carbons (Fsp3) is 0.650. The number of nitrogens with one attached hydrogen (secondary N) is 3. The summed E-state index contributed by atoms with van der Waals surface area (Å²) in [7, 11) is 0. The summed E-state index contributed by atoms with van der Waals surface area (Å²) < 4.78 is 0. The first kappa shape index (κ1) is 18.7. The molecule has 3 N–H and O–H groups in total. The molecule has 25 heavy (non-hydrogen) atoms. The van der Waals surface area contributed by atoms with Gasteiger partial charge < -0.3 is 15.1 Å². The van der Waals surface area contributed by atoms with Crippen molar-refractivity contribution in [1.82, 2.24) is 5.32 Å². The molecule has 0 unspecified atom stereocenters. The maximum atomic E-state index is 12.4. The molecule has 1 saturated carbocycles. The zero-order valence-electron chi connectivity index (χ0n) is 15.3. The van der Waals surface area contributed by atoms with Crippen molar-refractivity contribution in [2.24, 2.45) is 5.92 Å². The number of piperazine rings is 1. The number of amides is 1. The van der Waals surface area contributed by atoms with Crippen molar-refractivity contribution < 1.29 is 14.6 Å². The van der Waals surface area contributed by atoms with Gasteiger partial charge in [0.25, 0.3) is 5.91 Å². The molecule has 2 aliphatic rings. The summed E-state index contributed by atoms with van der Waals surface area (Å²) >= 11 is 6.08. The molecule has 1 amide bonds. The third-order valence-corrected chi connectivity index (χ3v) is 6.11. The lowest BCUT2D eigenvalue weighted by Crippen LogP contribution is -3.28. The van der Waals surface area contributed by atoms with Crippen LogP contribution in [0.2, 0.25) is 5.02 Å². The Balaban J connectivity index is 1.39. The second-order valence-electron chi connectivity index (χ2n) is 7.92. The molecule has 0 bridgehead atoms. The van der Waals surface area contributed by atoms with Gasteiger partial charge in [0.2, 0.25) is 0 Å². The van der Waals surface area contributed by atoms with E-state index in [-0.39, 0.29) is 5.91 Å². The summed E-state index contributed by atoms with van der Waals surface area (Å²) in [4.78, 5) is 15.4. The maximum Gasteiger partial charge on any atom is 0.275 e. The molecule has 138 valence electrons. The smallest absolute Gasteiger partial charge is 0.275 e. The molecule has 0 radical (unpaired) electrons. The minimum absolute atomic E-state index is 0.243. The summed E-state index contributed by atoms with van der Waals surface area (Å²) in [6.07, 6.45) is 4.98. The SMILES string of the molecule is C[C@H]1CCCC[C@H]1NC(=O)C[NH+]1CC[NH+](Cc2cccc(Cl)c2)CC1. The molecular formula is C20H32ClN3O+2. The van der Waals surface area contributed by atoms with Gasteiger partial charge in [-0.2, -0.15) is 0 Å². The second kappa shape index (κ2) is 9.02. The molecule has 1 aliphatic carbocycles. The number of benzene rings is 1.